The van der Waals surface area contributed by atoms with Gasteiger partial charge >= 0.3 is 5.69 Å². The van der Waals surface area contributed by atoms with Gasteiger partial charge in [-0.1, -0.05) is 12.1 Å². The van der Waals surface area contributed by atoms with Crippen molar-refractivity contribution in [3.05, 3.63) is 57.8 Å². The Morgan fingerprint density at radius 3 is 2.85 bits per heavy atom. The third kappa shape index (κ3) is 4.44. The van der Waals surface area contributed by atoms with E-state index in [1.54, 1.807) is 13.0 Å². The van der Waals surface area contributed by atoms with E-state index in [1.165, 1.54) is 6.20 Å². The van der Waals surface area contributed by atoms with Crippen LogP contribution < -0.4 is 5.32 Å². The van der Waals surface area contributed by atoms with E-state index in [0.717, 1.165) is 18.4 Å². The van der Waals surface area contributed by atoms with Gasteiger partial charge in [0.05, 0.1) is 4.92 Å². The number of aromatic nitrogens is 1. The first-order valence-corrected chi connectivity index (χ1v) is 9.83. The number of hydrogen-bond donors (Lipinski definition) is 1. The number of nitro groups is 1. The van der Waals surface area contributed by atoms with Crippen LogP contribution >= 0.6 is 0 Å². The number of rotatable bonds is 6. The summed E-state index contributed by atoms with van der Waals surface area (Å²) in [5.74, 6) is 0.668. The molecule has 3 rings (SSSR count). The largest absolute Gasteiger partial charge is 0.381 e. The van der Waals surface area contributed by atoms with Crippen LogP contribution in [0.2, 0.25) is 0 Å². The van der Waals surface area contributed by atoms with Crippen molar-refractivity contribution >= 4 is 28.0 Å². The smallest absolute Gasteiger partial charge is 0.314 e. The summed E-state index contributed by atoms with van der Waals surface area (Å²) in [5, 5.41) is 14.5. The minimum absolute atomic E-state index is 0.0383. The fraction of sp³-hybridized carbons (Fsp3) is 0.389. The minimum atomic E-state index is -0.959. The number of hydrogen-bond acceptors (Lipinski definition) is 6. The SMILES string of the molecule is Cc1ccnc(Nc2cccc(CS(=O)C3CCOCC3)c2)c1[N+](=O)[O-]. The number of pyridine rings is 1. The Kier molecular flexibility index (Phi) is 5.95. The molecule has 7 nitrogen and oxygen atoms in total. The Hall–Kier alpha value is -2.32. The topological polar surface area (TPSA) is 94.4 Å². The summed E-state index contributed by atoms with van der Waals surface area (Å²) in [4.78, 5) is 15.0. The molecule has 2 aromatic rings. The molecule has 0 aliphatic carbocycles. The van der Waals surface area contributed by atoms with Gasteiger partial charge < -0.3 is 10.1 Å². The van der Waals surface area contributed by atoms with Crippen molar-refractivity contribution in [2.24, 2.45) is 0 Å². The zero-order chi connectivity index (χ0) is 18.5. The van der Waals surface area contributed by atoms with Gasteiger partial charge in [0.1, 0.15) is 0 Å². The van der Waals surface area contributed by atoms with E-state index in [0.29, 0.717) is 30.2 Å². The van der Waals surface area contributed by atoms with E-state index in [4.69, 9.17) is 4.74 Å². The van der Waals surface area contributed by atoms with Crippen molar-refractivity contribution in [1.29, 1.82) is 0 Å². The van der Waals surface area contributed by atoms with Crippen molar-refractivity contribution in [3.63, 3.8) is 0 Å². The highest BCUT2D eigenvalue weighted by Crippen LogP contribution is 2.29. The van der Waals surface area contributed by atoms with Crippen LogP contribution in [-0.2, 0) is 21.3 Å². The van der Waals surface area contributed by atoms with E-state index < -0.39 is 15.7 Å². The van der Waals surface area contributed by atoms with E-state index in [9.17, 15) is 14.3 Å². The molecule has 0 radical (unpaired) electrons. The molecule has 1 aliphatic rings. The molecule has 1 N–H and O–H groups in total. The lowest BCUT2D eigenvalue weighted by molar-refractivity contribution is -0.384. The predicted octanol–water partition coefficient (Wildman–Crippen LogP) is 3.47. The van der Waals surface area contributed by atoms with Crippen molar-refractivity contribution < 1.29 is 13.9 Å². The van der Waals surface area contributed by atoms with Gasteiger partial charge in [-0.3, -0.25) is 14.3 Å². The number of aryl methyl sites for hydroxylation is 1. The molecule has 0 bridgehead atoms. The van der Waals surface area contributed by atoms with Crippen LogP contribution in [0.15, 0.2) is 36.5 Å². The quantitative estimate of drug-likeness (QED) is 0.614. The van der Waals surface area contributed by atoms with E-state index in [1.807, 2.05) is 24.3 Å². The highest BCUT2D eigenvalue weighted by atomic mass is 32.2. The summed E-state index contributed by atoms with van der Waals surface area (Å²) < 4.78 is 17.9. The maximum absolute atomic E-state index is 12.6. The molecule has 1 aromatic carbocycles. The van der Waals surface area contributed by atoms with Crippen LogP contribution in [0, 0.1) is 17.0 Å². The van der Waals surface area contributed by atoms with Crippen molar-refractivity contribution in [3.8, 4) is 0 Å². The summed E-state index contributed by atoms with van der Waals surface area (Å²) in [7, 11) is -0.959. The van der Waals surface area contributed by atoms with Gasteiger partial charge in [0, 0.05) is 52.5 Å². The van der Waals surface area contributed by atoms with Crippen LogP contribution in [-0.4, -0.2) is 32.6 Å². The Morgan fingerprint density at radius 1 is 1.35 bits per heavy atom. The molecular formula is C18H21N3O4S. The number of nitrogens with zero attached hydrogens (tertiary/aromatic N) is 2. The third-order valence-electron chi connectivity index (χ3n) is 4.35. The molecule has 1 aliphatic heterocycles. The van der Waals surface area contributed by atoms with E-state index in [2.05, 4.69) is 10.3 Å². The molecule has 1 unspecified atom stereocenters. The Morgan fingerprint density at radius 2 is 2.12 bits per heavy atom. The lowest BCUT2D eigenvalue weighted by Gasteiger charge is -2.21. The van der Waals surface area contributed by atoms with Crippen LogP contribution in [0.3, 0.4) is 0 Å². The van der Waals surface area contributed by atoms with Crippen molar-refractivity contribution in [2.75, 3.05) is 18.5 Å². The Bertz CT molecular complexity index is 822. The Labute approximate surface area is 154 Å². The molecule has 8 heteroatoms. The van der Waals surface area contributed by atoms with Gasteiger partial charge in [-0.25, -0.2) is 4.98 Å². The summed E-state index contributed by atoms with van der Waals surface area (Å²) in [6, 6.07) is 9.05. The number of benzene rings is 1. The second-order valence-corrected chi connectivity index (χ2v) is 7.96. The highest BCUT2D eigenvalue weighted by molar-refractivity contribution is 7.84. The lowest BCUT2D eigenvalue weighted by Crippen LogP contribution is -2.25. The second-order valence-electron chi connectivity index (χ2n) is 6.24. The molecule has 0 saturated carbocycles. The fourth-order valence-electron chi connectivity index (χ4n) is 2.97. The minimum Gasteiger partial charge on any atom is -0.381 e. The average molecular weight is 375 g/mol. The summed E-state index contributed by atoms with van der Waals surface area (Å²) >= 11 is 0. The summed E-state index contributed by atoms with van der Waals surface area (Å²) in [6.07, 6.45) is 3.18. The van der Waals surface area contributed by atoms with Crippen LogP contribution in [0.25, 0.3) is 0 Å². The normalized spacial score (nSPS) is 16.2. The molecule has 1 saturated heterocycles. The molecule has 0 spiro atoms. The Balaban J connectivity index is 1.75. The van der Waals surface area contributed by atoms with Crippen molar-refractivity contribution in [2.45, 2.75) is 30.8 Å². The van der Waals surface area contributed by atoms with Crippen molar-refractivity contribution in [1.82, 2.24) is 4.98 Å². The van der Waals surface area contributed by atoms with Gasteiger partial charge in [0.15, 0.2) is 0 Å². The van der Waals surface area contributed by atoms with Gasteiger partial charge in [-0.15, -0.1) is 0 Å². The fourth-order valence-corrected chi connectivity index (χ4v) is 4.43. The first-order chi connectivity index (χ1) is 12.5. The van der Waals surface area contributed by atoms with E-state index >= 15 is 0 Å². The molecule has 1 fully saturated rings. The number of ether oxygens (including phenoxy) is 1. The lowest BCUT2D eigenvalue weighted by atomic mass is 10.2. The van der Waals surface area contributed by atoms with Crippen LogP contribution in [0.5, 0.6) is 0 Å². The molecular weight excluding hydrogens is 354 g/mol. The second kappa shape index (κ2) is 8.37. The van der Waals surface area contributed by atoms with E-state index in [-0.39, 0.29) is 16.8 Å². The molecule has 0 amide bonds. The van der Waals surface area contributed by atoms with Gasteiger partial charge in [0.25, 0.3) is 0 Å². The summed E-state index contributed by atoms with van der Waals surface area (Å²) in [5.41, 5.74) is 2.12. The molecule has 1 aromatic heterocycles. The summed E-state index contributed by atoms with van der Waals surface area (Å²) in [6.45, 7) is 3.01. The number of nitrogens with one attached hydrogen (secondary N) is 1. The van der Waals surface area contributed by atoms with Crippen LogP contribution in [0.1, 0.15) is 24.0 Å². The average Bonchev–Trinajstić information content (AvgIpc) is 2.62. The highest BCUT2D eigenvalue weighted by Gasteiger charge is 2.21. The standard InChI is InChI=1S/C18H21N3O4S/c1-13-5-8-19-18(17(13)21(22)23)20-15-4-2-3-14(11-15)12-26(24)16-6-9-25-10-7-16/h2-5,8,11,16H,6-7,9-10,12H2,1H3,(H,19,20). The van der Waals surface area contributed by atoms with Gasteiger partial charge in [-0.05, 0) is 43.5 Å². The maximum atomic E-state index is 12.6. The van der Waals surface area contributed by atoms with Gasteiger partial charge in [0.2, 0.25) is 5.82 Å². The predicted molar refractivity (Wildman–Crippen MR) is 101 cm³/mol. The molecule has 1 atom stereocenters. The van der Waals surface area contributed by atoms with Crippen LogP contribution in [0.4, 0.5) is 17.2 Å². The monoisotopic (exact) mass is 375 g/mol. The molecule has 138 valence electrons. The molecule has 2 heterocycles. The number of anilines is 2. The van der Waals surface area contributed by atoms with Gasteiger partial charge in [-0.2, -0.15) is 0 Å². The molecule has 26 heavy (non-hydrogen) atoms. The first kappa shape index (κ1) is 18.5. The first-order valence-electron chi connectivity index (χ1n) is 8.45. The maximum Gasteiger partial charge on any atom is 0.314 e. The zero-order valence-corrected chi connectivity index (χ0v) is 15.3. The zero-order valence-electron chi connectivity index (χ0n) is 14.5. The third-order valence-corrected chi connectivity index (χ3v) is 6.18.